The van der Waals surface area contributed by atoms with Gasteiger partial charge < -0.3 is 9.47 Å². The summed E-state index contributed by atoms with van der Waals surface area (Å²) in [5, 5.41) is 38.8. The van der Waals surface area contributed by atoms with E-state index in [2.05, 4.69) is 0 Å². The highest BCUT2D eigenvalue weighted by Crippen LogP contribution is 2.69. The fourth-order valence-corrected chi connectivity index (χ4v) is 4.53. The van der Waals surface area contributed by atoms with Crippen LogP contribution in [0.15, 0.2) is 48.5 Å². The van der Waals surface area contributed by atoms with Crippen molar-refractivity contribution in [1.82, 2.24) is 0 Å². The van der Waals surface area contributed by atoms with Crippen LogP contribution in [0.25, 0.3) is 0 Å². The van der Waals surface area contributed by atoms with Crippen molar-refractivity contribution < 1.29 is 18.3 Å². The molecule has 0 saturated carbocycles. The molecule has 0 radical (unpaired) electrons. The molecular weight excluding hydrogens is 390 g/mol. The number of halogens is 2. The Kier molecular flexibility index (Phi) is 4.13. The van der Waals surface area contributed by atoms with E-state index < -0.39 is 46.2 Å². The van der Waals surface area contributed by atoms with Crippen molar-refractivity contribution >= 4 is 5.90 Å². The maximum atomic E-state index is 14.8. The van der Waals surface area contributed by atoms with Crippen molar-refractivity contribution in [3.05, 3.63) is 71.3 Å². The summed E-state index contributed by atoms with van der Waals surface area (Å²) in [4.78, 5) is 0. The molecule has 2 fully saturated rings. The first-order valence-electron chi connectivity index (χ1n) is 9.03. The van der Waals surface area contributed by atoms with Gasteiger partial charge in [0.25, 0.3) is 0 Å². The van der Waals surface area contributed by atoms with Crippen molar-refractivity contribution in [2.75, 3.05) is 0 Å². The highest BCUT2D eigenvalue weighted by atomic mass is 19.1. The molecule has 30 heavy (non-hydrogen) atoms. The summed E-state index contributed by atoms with van der Waals surface area (Å²) in [6.07, 6.45) is -1.62. The zero-order valence-electron chi connectivity index (χ0n) is 15.7. The monoisotopic (exact) mass is 404 g/mol. The van der Waals surface area contributed by atoms with E-state index in [-0.39, 0.29) is 5.56 Å². The molecule has 2 heterocycles. The minimum atomic E-state index is -2.31. The number of benzene rings is 2. The lowest BCUT2D eigenvalue weighted by Gasteiger charge is -2.48. The van der Waals surface area contributed by atoms with Gasteiger partial charge in [-0.1, -0.05) is 43.3 Å². The summed E-state index contributed by atoms with van der Waals surface area (Å²) in [5.74, 6) is -5.15. The Balaban J connectivity index is 2.07. The molecule has 148 valence electrons. The minimum absolute atomic E-state index is 0.273. The standard InChI is InChI=1S/C22H14F2N4O2/c1-13-21(12-27)19(28)30-22(13,14-5-3-2-4-6-14)29-18(20(21,10-25)11-26)16-8-7-15(23)9-17(16)24/h2-9,13,18,28H,1H3. The van der Waals surface area contributed by atoms with Crippen LogP contribution in [-0.4, -0.2) is 5.90 Å². The van der Waals surface area contributed by atoms with Crippen LogP contribution in [0.5, 0.6) is 0 Å². The van der Waals surface area contributed by atoms with Gasteiger partial charge in [-0.05, 0) is 6.07 Å². The summed E-state index contributed by atoms with van der Waals surface area (Å²) >= 11 is 0. The molecule has 0 aromatic heterocycles. The van der Waals surface area contributed by atoms with Gasteiger partial charge in [-0.25, -0.2) is 8.78 Å². The zero-order valence-corrected chi connectivity index (χ0v) is 15.7. The first kappa shape index (κ1) is 19.5. The second kappa shape index (κ2) is 6.35. The number of ether oxygens (including phenoxy) is 2. The quantitative estimate of drug-likeness (QED) is 0.810. The van der Waals surface area contributed by atoms with Crippen LogP contribution in [0.2, 0.25) is 0 Å². The van der Waals surface area contributed by atoms with Gasteiger partial charge in [0.1, 0.15) is 17.7 Å². The lowest BCUT2D eigenvalue weighted by molar-refractivity contribution is -0.289. The van der Waals surface area contributed by atoms with Crippen LogP contribution in [0.4, 0.5) is 8.78 Å². The lowest BCUT2D eigenvalue weighted by Crippen LogP contribution is -2.57. The van der Waals surface area contributed by atoms with Crippen LogP contribution in [-0.2, 0) is 15.3 Å². The van der Waals surface area contributed by atoms with Gasteiger partial charge in [0, 0.05) is 17.2 Å². The molecule has 2 aliphatic heterocycles. The van der Waals surface area contributed by atoms with E-state index in [9.17, 15) is 24.6 Å². The summed E-state index contributed by atoms with van der Waals surface area (Å²) in [7, 11) is 0. The molecule has 0 amide bonds. The second-order valence-electron chi connectivity index (χ2n) is 7.30. The zero-order chi connectivity index (χ0) is 21.7. The van der Waals surface area contributed by atoms with Gasteiger partial charge in [0.05, 0.1) is 24.1 Å². The van der Waals surface area contributed by atoms with Crippen LogP contribution in [0, 0.1) is 67.8 Å². The first-order valence-corrected chi connectivity index (χ1v) is 9.03. The maximum absolute atomic E-state index is 14.8. The number of nitrogens with one attached hydrogen (secondary N) is 1. The molecule has 4 rings (SSSR count). The lowest BCUT2D eigenvalue weighted by atomic mass is 9.53. The molecule has 1 N–H and O–H groups in total. The Labute approximate surface area is 171 Å². The van der Waals surface area contributed by atoms with E-state index in [4.69, 9.17) is 14.9 Å². The number of fused-ring (bicyclic) bond motifs is 2. The van der Waals surface area contributed by atoms with Crippen molar-refractivity contribution in [3.63, 3.8) is 0 Å². The van der Waals surface area contributed by atoms with Crippen molar-refractivity contribution in [3.8, 4) is 18.2 Å². The second-order valence-corrected chi connectivity index (χ2v) is 7.30. The van der Waals surface area contributed by atoms with Gasteiger partial charge in [0.15, 0.2) is 5.41 Å². The molecule has 4 atom stereocenters. The minimum Gasteiger partial charge on any atom is -0.443 e. The fourth-order valence-electron chi connectivity index (χ4n) is 4.53. The van der Waals surface area contributed by atoms with E-state index in [1.54, 1.807) is 37.3 Å². The smallest absolute Gasteiger partial charge is 0.244 e. The molecule has 2 aromatic carbocycles. The van der Waals surface area contributed by atoms with Gasteiger partial charge in [0.2, 0.25) is 17.1 Å². The summed E-state index contributed by atoms with van der Waals surface area (Å²) in [6, 6.07) is 16.7. The Bertz CT molecular complexity index is 1170. The number of rotatable bonds is 2. The Morgan fingerprint density at radius 3 is 2.23 bits per heavy atom. The van der Waals surface area contributed by atoms with Crippen molar-refractivity contribution in [2.24, 2.45) is 16.7 Å². The molecule has 0 aliphatic carbocycles. The van der Waals surface area contributed by atoms with Gasteiger partial charge in [-0.2, -0.15) is 15.8 Å². The number of nitriles is 3. The molecule has 2 saturated heterocycles. The fraction of sp³-hybridized carbons (Fsp3) is 0.273. The number of nitrogens with zero attached hydrogens (tertiary/aromatic N) is 3. The number of hydrogen-bond acceptors (Lipinski definition) is 6. The Morgan fingerprint density at radius 1 is 1.00 bits per heavy atom. The van der Waals surface area contributed by atoms with Crippen LogP contribution in [0.1, 0.15) is 24.2 Å². The SMILES string of the molecule is CC1C2(c3ccccc3)OC(=N)C1(C#N)C(C#N)(C#N)C(c1ccc(F)cc1F)O2. The van der Waals surface area contributed by atoms with Crippen molar-refractivity contribution in [1.29, 1.82) is 21.2 Å². The topological polar surface area (TPSA) is 114 Å². The maximum Gasteiger partial charge on any atom is 0.244 e. The molecular formula is C22H14F2N4O2. The molecule has 2 aliphatic rings. The molecule has 2 bridgehead atoms. The molecule has 6 nitrogen and oxygen atoms in total. The van der Waals surface area contributed by atoms with Crippen molar-refractivity contribution in [2.45, 2.75) is 18.8 Å². The molecule has 2 aromatic rings. The van der Waals surface area contributed by atoms with E-state index in [1.807, 2.05) is 18.2 Å². The molecule has 4 unspecified atom stereocenters. The van der Waals surface area contributed by atoms with E-state index in [1.165, 1.54) is 0 Å². The summed E-state index contributed by atoms with van der Waals surface area (Å²) < 4.78 is 40.2. The summed E-state index contributed by atoms with van der Waals surface area (Å²) in [6.45, 7) is 1.55. The average molecular weight is 404 g/mol. The third kappa shape index (κ3) is 2.08. The molecule has 8 heteroatoms. The predicted molar refractivity (Wildman–Crippen MR) is 98.0 cm³/mol. The normalized spacial score (nSPS) is 31.1. The third-order valence-corrected chi connectivity index (χ3v) is 6.09. The van der Waals surface area contributed by atoms with Gasteiger partial charge in [-0.15, -0.1) is 0 Å². The van der Waals surface area contributed by atoms with Crippen LogP contribution < -0.4 is 0 Å². The first-order chi connectivity index (χ1) is 14.3. The van der Waals surface area contributed by atoms with E-state index in [0.717, 1.165) is 12.1 Å². The van der Waals surface area contributed by atoms with E-state index in [0.29, 0.717) is 11.6 Å². The average Bonchev–Trinajstić information content (AvgIpc) is 2.91. The largest absolute Gasteiger partial charge is 0.443 e. The third-order valence-electron chi connectivity index (χ3n) is 6.09. The molecule has 0 spiro atoms. The Morgan fingerprint density at radius 2 is 1.67 bits per heavy atom. The number of hydrogen-bond donors (Lipinski definition) is 1. The van der Waals surface area contributed by atoms with Crippen LogP contribution in [0.3, 0.4) is 0 Å². The highest BCUT2D eigenvalue weighted by molar-refractivity contribution is 5.89. The van der Waals surface area contributed by atoms with E-state index >= 15 is 0 Å². The summed E-state index contributed by atoms with van der Waals surface area (Å²) in [5.41, 5.74) is -4.19. The predicted octanol–water partition coefficient (Wildman–Crippen LogP) is 4.08. The van der Waals surface area contributed by atoms with Gasteiger partial charge in [-0.3, -0.25) is 5.41 Å². The Hall–Kier alpha value is -3.80. The van der Waals surface area contributed by atoms with Gasteiger partial charge >= 0.3 is 0 Å². The highest BCUT2D eigenvalue weighted by Gasteiger charge is 2.79. The van der Waals surface area contributed by atoms with Crippen LogP contribution >= 0.6 is 0 Å².